The molecule has 0 heterocycles. The molecule has 3 aliphatic carbocycles. The number of ether oxygens (including phenoxy) is 1. The van der Waals surface area contributed by atoms with Gasteiger partial charge in [-0.25, -0.2) is 0 Å². The molecular weight excluding hydrogens is 544 g/mol. The van der Waals surface area contributed by atoms with E-state index in [1.165, 1.54) is 96.3 Å². The Bertz CT molecular complexity index is 782. The van der Waals surface area contributed by atoms with Gasteiger partial charge in [0.15, 0.2) is 0 Å². The molecule has 0 radical (unpaired) electrons. The fraction of sp³-hybridized carbons (Fsp3) is 0.750. The molecule has 0 amide bonds. The number of methoxy groups -OCH3 is 1. The first-order valence-corrected chi connectivity index (χ1v) is 19.8. The average Bonchev–Trinajstić information content (AvgIpc) is 2.86. The molecule has 6 heteroatoms. The Labute approximate surface area is 227 Å². The minimum atomic E-state index is -0.826. The zero-order valence-electron chi connectivity index (χ0n) is 21.1. The zero-order valence-corrected chi connectivity index (χ0v) is 25.1. The van der Waals surface area contributed by atoms with Gasteiger partial charge in [-0.1, -0.05) is 71.1 Å². The minimum absolute atomic E-state index is 0. The predicted molar refractivity (Wildman–Crippen MR) is 143 cm³/mol. The second kappa shape index (κ2) is 14.6. The van der Waals surface area contributed by atoms with Crippen molar-refractivity contribution in [3.05, 3.63) is 23.3 Å². The van der Waals surface area contributed by atoms with Crippen molar-refractivity contribution in [2.45, 2.75) is 115 Å². The number of aliphatic imine (C=N–C) groups is 1. The predicted octanol–water partition coefficient (Wildman–Crippen LogP) is 9.19. The summed E-state index contributed by atoms with van der Waals surface area (Å²) < 4.78 is 5.72. The van der Waals surface area contributed by atoms with E-state index in [2.05, 4.69) is 13.0 Å². The fourth-order valence-electron chi connectivity index (χ4n) is 6.70. The summed E-state index contributed by atoms with van der Waals surface area (Å²) in [5, 5.41) is 11.5. The van der Waals surface area contributed by atoms with E-state index in [1.54, 1.807) is 7.11 Å². The van der Waals surface area contributed by atoms with Gasteiger partial charge in [0.05, 0.1) is 13.2 Å². The molecule has 3 fully saturated rings. The summed E-state index contributed by atoms with van der Waals surface area (Å²) in [4.78, 5) is 4.95. The van der Waals surface area contributed by atoms with Gasteiger partial charge in [0.25, 0.3) is 0 Å². The standard InChI is InChI=1S/C28H43NO2.2ClH.Zr.H2/c1-21-11-7-8-14-26(21)29-20-23-17-24(31-2)18-25(27(23)30)28(15-9-4-10-16-28)19-22-12-5-3-6-13-22;;;;/h17-18,20-22,26,30H,3-16,19H2,1-2H3;2*1H;;1H/q;;;+2;/p-2. The first-order chi connectivity index (χ1) is 16.5. The van der Waals surface area contributed by atoms with Gasteiger partial charge in [0.1, 0.15) is 11.5 Å². The van der Waals surface area contributed by atoms with Crippen molar-refractivity contribution in [2.24, 2.45) is 16.8 Å². The van der Waals surface area contributed by atoms with E-state index in [4.69, 9.17) is 26.8 Å². The van der Waals surface area contributed by atoms with Gasteiger partial charge in [-0.15, -0.1) is 0 Å². The third-order valence-corrected chi connectivity index (χ3v) is 8.61. The van der Waals surface area contributed by atoms with Crippen LogP contribution in [0.3, 0.4) is 0 Å². The number of nitrogens with zero attached hydrogens (tertiary/aromatic N) is 1. The number of halogens is 2. The van der Waals surface area contributed by atoms with Crippen LogP contribution in [-0.4, -0.2) is 24.5 Å². The second-order valence-corrected chi connectivity index (χ2v) is 14.6. The van der Waals surface area contributed by atoms with E-state index in [0.717, 1.165) is 22.8 Å². The van der Waals surface area contributed by atoms with E-state index in [-0.39, 0.29) is 6.84 Å². The maximum Gasteiger partial charge on any atom is 0 e. The molecular formula is C28H45Cl2NO2Zr. The third-order valence-electron chi connectivity index (χ3n) is 8.61. The van der Waals surface area contributed by atoms with Crippen molar-refractivity contribution >= 4 is 23.2 Å². The molecule has 0 aliphatic heterocycles. The van der Waals surface area contributed by atoms with Crippen LogP contribution in [0, 0.1) is 11.8 Å². The number of rotatable bonds is 6. The largest absolute Gasteiger partial charge is 0 e. The van der Waals surface area contributed by atoms with Crippen LogP contribution in [0.1, 0.15) is 116 Å². The van der Waals surface area contributed by atoms with Crippen LogP contribution in [0.15, 0.2) is 17.1 Å². The van der Waals surface area contributed by atoms with Crippen LogP contribution in [0.2, 0.25) is 0 Å². The number of phenolic OH excluding ortho intramolecular Hbond substituents is 1. The van der Waals surface area contributed by atoms with Gasteiger partial charge in [-0.3, -0.25) is 4.99 Å². The maximum absolute atomic E-state index is 11.5. The van der Waals surface area contributed by atoms with Gasteiger partial charge in [0.2, 0.25) is 0 Å². The monoisotopic (exact) mass is 587 g/mol. The molecule has 0 aromatic heterocycles. The topological polar surface area (TPSA) is 41.8 Å². The second-order valence-electron chi connectivity index (χ2n) is 10.8. The van der Waals surface area contributed by atoms with Gasteiger partial charge in [0, 0.05) is 18.8 Å². The van der Waals surface area contributed by atoms with Crippen LogP contribution in [-0.2, 0) is 26.3 Å². The molecule has 1 aromatic rings. The maximum atomic E-state index is 11.5. The van der Waals surface area contributed by atoms with Crippen molar-refractivity contribution in [3.8, 4) is 11.5 Å². The van der Waals surface area contributed by atoms with Gasteiger partial charge in [-0.05, 0) is 61.5 Å². The van der Waals surface area contributed by atoms with E-state index < -0.39 is 20.8 Å². The molecule has 192 valence electrons. The Morgan fingerprint density at radius 3 is 2.29 bits per heavy atom. The number of aromatic hydroxyl groups is 1. The first kappa shape index (κ1) is 28.5. The molecule has 3 nitrogen and oxygen atoms in total. The van der Waals surface area contributed by atoms with Crippen LogP contribution in [0.5, 0.6) is 11.5 Å². The Hall–Kier alpha value is -0.0469. The summed E-state index contributed by atoms with van der Waals surface area (Å²) in [7, 11) is 11.6. The van der Waals surface area contributed by atoms with Crippen molar-refractivity contribution in [1.29, 1.82) is 0 Å². The molecule has 2 unspecified atom stereocenters. The van der Waals surface area contributed by atoms with Crippen LogP contribution in [0.4, 0.5) is 0 Å². The Morgan fingerprint density at radius 2 is 1.65 bits per heavy atom. The SMILES string of the molecule is COc1cc(C=NC2CCCCC2C)c(O)c(C2(CC3CCCCC3)CCCCC2)c1.[Cl][Zr][Cl].[HH]. The smallest absolute Gasteiger partial charge is 0 e. The molecule has 0 bridgehead atoms. The van der Waals surface area contributed by atoms with Crippen LogP contribution in [0.25, 0.3) is 0 Å². The molecule has 1 N–H and O–H groups in total. The normalized spacial score (nSPS) is 25.4. The van der Waals surface area contributed by atoms with Crippen molar-refractivity contribution in [1.82, 2.24) is 0 Å². The minimum Gasteiger partial charge on any atom is 0 e. The van der Waals surface area contributed by atoms with Crippen molar-refractivity contribution < 1.29 is 32.1 Å². The van der Waals surface area contributed by atoms with Crippen molar-refractivity contribution in [3.63, 3.8) is 0 Å². The number of benzene rings is 1. The van der Waals surface area contributed by atoms with E-state index in [0.29, 0.717) is 17.7 Å². The number of hydrogen-bond acceptors (Lipinski definition) is 3. The van der Waals surface area contributed by atoms with E-state index >= 15 is 0 Å². The summed E-state index contributed by atoms with van der Waals surface area (Å²) in [5.74, 6) is 2.76. The quantitative estimate of drug-likeness (QED) is 0.336. The summed E-state index contributed by atoms with van der Waals surface area (Å²) in [6.07, 6.45) is 21.3. The van der Waals surface area contributed by atoms with Gasteiger partial charge < -0.3 is 9.84 Å². The molecule has 4 rings (SSSR count). The molecule has 34 heavy (non-hydrogen) atoms. The molecule has 3 saturated carbocycles. The van der Waals surface area contributed by atoms with E-state index in [9.17, 15) is 5.11 Å². The Balaban J connectivity index is 0.00000103. The number of hydrogen-bond donors (Lipinski definition) is 1. The van der Waals surface area contributed by atoms with Crippen LogP contribution < -0.4 is 4.74 Å². The Morgan fingerprint density at radius 1 is 1.03 bits per heavy atom. The van der Waals surface area contributed by atoms with Gasteiger partial charge in [-0.2, -0.15) is 0 Å². The van der Waals surface area contributed by atoms with Crippen molar-refractivity contribution in [2.75, 3.05) is 7.11 Å². The summed E-state index contributed by atoms with van der Waals surface area (Å²) in [5.41, 5.74) is 2.08. The first-order valence-electron chi connectivity index (χ1n) is 13.4. The summed E-state index contributed by atoms with van der Waals surface area (Å²) >= 11 is -0.826. The van der Waals surface area contributed by atoms with Crippen LogP contribution >= 0.6 is 17.0 Å². The fourth-order valence-corrected chi connectivity index (χ4v) is 6.70. The Kier molecular flexibility index (Phi) is 12.3. The zero-order chi connectivity index (χ0) is 24.4. The molecule has 3 aliphatic rings. The van der Waals surface area contributed by atoms with E-state index in [1.807, 2.05) is 12.3 Å². The number of phenols is 1. The summed E-state index contributed by atoms with van der Waals surface area (Å²) in [6.45, 7) is 2.32. The van der Waals surface area contributed by atoms with Gasteiger partial charge >= 0.3 is 37.9 Å². The summed E-state index contributed by atoms with van der Waals surface area (Å²) in [6, 6.07) is 4.51. The molecule has 0 saturated heterocycles. The third kappa shape index (κ3) is 7.72. The molecule has 1 aromatic carbocycles. The molecule has 2 atom stereocenters. The average molecular weight is 590 g/mol. The molecule has 0 spiro atoms.